The fraction of sp³-hybridized carbons (Fsp3) is 0.538. The predicted molar refractivity (Wildman–Crippen MR) is 67.6 cm³/mol. The molecule has 0 spiro atoms. The smallest absolute Gasteiger partial charge is 0.126 e. The number of hydrogen-bond donors (Lipinski definition) is 1. The molecule has 1 unspecified atom stereocenters. The van der Waals surface area contributed by atoms with Crippen molar-refractivity contribution in [3.8, 4) is 5.75 Å². The first kappa shape index (κ1) is 11.9. The molecule has 1 heterocycles. The maximum absolute atomic E-state index is 10.1. The summed E-state index contributed by atoms with van der Waals surface area (Å²) in [6.07, 6.45) is 0.309. The second-order valence-electron chi connectivity index (χ2n) is 5.41. The minimum atomic E-state index is -0.416. The maximum Gasteiger partial charge on any atom is 0.126 e. The van der Waals surface area contributed by atoms with Crippen molar-refractivity contribution < 1.29 is 9.84 Å². The van der Waals surface area contributed by atoms with E-state index in [9.17, 15) is 5.11 Å². The third kappa shape index (κ3) is 2.25. The molecule has 2 rings (SSSR count). The van der Waals surface area contributed by atoms with Gasteiger partial charge in [-0.3, -0.25) is 0 Å². The van der Waals surface area contributed by atoms with Crippen LogP contribution in [0.25, 0.3) is 0 Å². The Kier molecular flexibility index (Phi) is 3.01. The molecule has 0 radical (unpaired) electrons. The lowest BCUT2D eigenvalue weighted by molar-refractivity contribution is 0.00796. The van der Waals surface area contributed by atoms with Gasteiger partial charge in [0.2, 0.25) is 0 Å². The van der Waals surface area contributed by atoms with Crippen LogP contribution in [0.2, 0.25) is 0 Å². The van der Waals surface area contributed by atoms with Crippen LogP contribution in [0, 0.1) is 5.41 Å². The molecule has 0 fully saturated rings. The van der Waals surface area contributed by atoms with E-state index < -0.39 is 6.10 Å². The normalized spacial score (nSPS) is 24.8. The number of rotatable bonds is 0. The second-order valence-corrected chi connectivity index (χ2v) is 6.32. The summed E-state index contributed by atoms with van der Waals surface area (Å²) in [6, 6.07) is 5.78. The summed E-state index contributed by atoms with van der Waals surface area (Å²) in [5, 5.41) is 10.1. The van der Waals surface area contributed by atoms with Gasteiger partial charge in [-0.15, -0.1) is 0 Å². The van der Waals surface area contributed by atoms with Crippen LogP contribution in [0.3, 0.4) is 0 Å². The van der Waals surface area contributed by atoms with Gasteiger partial charge < -0.3 is 9.84 Å². The Balaban J connectivity index is 2.35. The van der Waals surface area contributed by atoms with Crippen LogP contribution < -0.4 is 4.74 Å². The maximum atomic E-state index is 10.1. The van der Waals surface area contributed by atoms with E-state index in [-0.39, 0.29) is 11.5 Å². The summed E-state index contributed by atoms with van der Waals surface area (Å²) < 4.78 is 6.94. The topological polar surface area (TPSA) is 29.5 Å². The molecular weight excluding hydrogens is 268 g/mol. The monoisotopic (exact) mass is 284 g/mol. The molecular formula is C13H17BrO2. The van der Waals surface area contributed by atoms with Crippen LogP contribution in [0.1, 0.15) is 38.9 Å². The highest BCUT2D eigenvalue weighted by Gasteiger charge is 2.34. The summed E-state index contributed by atoms with van der Waals surface area (Å²) in [4.78, 5) is 0. The third-order valence-corrected chi connectivity index (χ3v) is 3.50. The van der Waals surface area contributed by atoms with Crippen molar-refractivity contribution >= 4 is 15.9 Å². The standard InChI is InChI=1S/C13H17BrO2/c1-13(2,3)12-7-10(15)9-5-4-8(14)6-11(9)16-12/h4-6,10,12,15H,7H2,1-3H3/t10-,12?/m0/s1. The van der Waals surface area contributed by atoms with Crippen molar-refractivity contribution in [2.75, 3.05) is 0 Å². The second kappa shape index (κ2) is 4.04. The molecule has 0 aromatic heterocycles. The minimum absolute atomic E-state index is 0.0426. The van der Waals surface area contributed by atoms with Crippen molar-refractivity contribution in [2.24, 2.45) is 5.41 Å². The van der Waals surface area contributed by atoms with Crippen LogP contribution in [0.5, 0.6) is 5.75 Å². The summed E-state index contributed by atoms with van der Waals surface area (Å²) in [5.41, 5.74) is 0.935. The summed E-state index contributed by atoms with van der Waals surface area (Å²) in [5.74, 6) is 0.799. The zero-order valence-corrected chi connectivity index (χ0v) is 11.4. The highest BCUT2D eigenvalue weighted by atomic mass is 79.9. The zero-order chi connectivity index (χ0) is 11.9. The number of hydrogen-bond acceptors (Lipinski definition) is 2. The molecule has 88 valence electrons. The van der Waals surface area contributed by atoms with Crippen LogP contribution in [-0.2, 0) is 0 Å². The first-order valence-electron chi connectivity index (χ1n) is 5.52. The third-order valence-electron chi connectivity index (χ3n) is 3.01. The molecule has 1 N–H and O–H groups in total. The van der Waals surface area contributed by atoms with Crippen molar-refractivity contribution in [1.29, 1.82) is 0 Å². The zero-order valence-electron chi connectivity index (χ0n) is 9.83. The number of benzene rings is 1. The van der Waals surface area contributed by atoms with E-state index in [2.05, 4.69) is 36.7 Å². The number of aliphatic hydroxyl groups excluding tert-OH is 1. The fourth-order valence-corrected chi connectivity index (χ4v) is 2.29. The number of aliphatic hydroxyl groups is 1. The average molecular weight is 285 g/mol. The molecule has 3 heteroatoms. The van der Waals surface area contributed by atoms with Gasteiger partial charge in [-0.25, -0.2) is 0 Å². The first-order valence-corrected chi connectivity index (χ1v) is 6.31. The van der Waals surface area contributed by atoms with Crippen molar-refractivity contribution in [1.82, 2.24) is 0 Å². The van der Waals surface area contributed by atoms with E-state index in [0.717, 1.165) is 15.8 Å². The lowest BCUT2D eigenvalue weighted by Crippen LogP contribution is -2.36. The highest BCUT2D eigenvalue weighted by molar-refractivity contribution is 9.10. The Morgan fingerprint density at radius 2 is 2.06 bits per heavy atom. The van der Waals surface area contributed by atoms with E-state index in [1.807, 2.05) is 18.2 Å². The lowest BCUT2D eigenvalue weighted by atomic mass is 9.83. The molecule has 1 aromatic rings. The Bertz CT molecular complexity index is 395. The molecule has 1 aliphatic rings. The van der Waals surface area contributed by atoms with E-state index in [1.165, 1.54) is 0 Å². The van der Waals surface area contributed by atoms with Gasteiger partial charge in [0.1, 0.15) is 11.9 Å². The molecule has 1 aromatic carbocycles. The number of halogens is 1. The number of ether oxygens (including phenoxy) is 1. The Morgan fingerprint density at radius 1 is 1.38 bits per heavy atom. The Labute approximate surface area is 105 Å². The minimum Gasteiger partial charge on any atom is -0.489 e. The summed E-state index contributed by atoms with van der Waals surface area (Å²) in [7, 11) is 0. The van der Waals surface area contributed by atoms with Crippen LogP contribution in [0.15, 0.2) is 22.7 Å². The summed E-state index contributed by atoms with van der Waals surface area (Å²) >= 11 is 3.42. The number of fused-ring (bicyclic) bond motifs is 1. The average Bonchev–Trinajstić information content (AvgIpc) is 2.15. The van der Waals surface area contributed by atoms with Gasteiger partial charge in [0.15, 0.2) is 0 Å². The van der Waals surface area contributed by atoms with Gasteiger partial charge in [0.25, 0.3) is 0 Å². The first-order chi connectivity index (χ1) is 7.38. The van der Waals surface area contributed by atoms with E-state index >= 15 is 0 Å². The molecule has 1 aliphatic heterocycles. The van der Waals surface area contributed by atoms with Gasteiger partial charge in [-0.1, -0.05) is 42.8 Å². The largest absolute Gasteiger partial charge is 0.489 e. The van der Waals surface area contributed by atoms with Gasteiger partial charge >= 0.3 is 0 Å². The van der Waals surface area contributed by atoms with E-state index in [1.54, 1.807) is 0 Å². The molecule has 0 amide bonds. The van der Waals surface area contributed by atoms with E-state index in [4.69, 9.17) is 4.74 Å². The SMILES string of the molecule is CC(C)(C)C1C[C@H](O)c2ccc(Br)cc2O1. The quantitative estimate of drug-likeness (QED) is 0.788. The van der Waals surface area contributed by atoms with Gasteiger partial charge in [-0.05, 0) is 17.5 Å². The fourth-order valence-electron chi connectivity index (χ4n) is 1.95. The molecule has 0 bridgehead atoms. The van der Waals surface area contributed by atoms with Gasteiger partial charge in [0, 0.05) is 16.5 Å². The molecule has 0 aliphatic carbocycles. The molecule has 16 heavy (non-hydrogen) atoms. The van der Waals surface area contributed by atoms with Crippen molar-refractivity contribution in [3.63, 3.8) is 0 Å². The molecule has 0 saturated heterocycles. The summed E-state index contributed by atoms with van der Waals surface area (Å²) in [6.45, 7) is 6.40. The van der Waals surface area contributed by atoms with Crippen LogP contribution >= 0.6 is 15.9 Å². The molecule has 0 saturated carbocycles. The lowest BCUT2D eigenvalue weighted by Gasteiger charge is -2.37. The van der Waals surface area contributed by atoms with Crippen LogP contribution in [-0.4, -0.2) is 11.2 Å². The van der Waals surface area contributed by atoms with Crippen LogP contribution in [0.4, 0.5) is 0 Å². The van der Waals surface area contributed by atoms with Gasteiger partial charge in [0.05, 0.1) is 6.10 Å². The highest BCUT2D eigenvalue weighted by Crippen LogP contribution is 2.41. The van der Waals surface area contributed by atoms with Crippen molar-refractivity contribution in [2.45, 2.75) is 39.4 Å². The molecule has 2 atom stereocenters. The molecule has 2 nitrogen and oxygen atoms in total. The van der Waals surface area contributed by atoms with E-state index in [0.29, 0.717) is 6.42 Å². The Morgan fingerprint density at radius 3 is 2.69 bits per heavy atom. The Hall–Kier alpha value is -0.540. The van der Waals surface area contributed by atoms with Crippen molar-refractivity contribution in [3.05, 3.63) is 28.2 Å². The predicted octanol–water partition coefficient (Wildman–Crippen LogP) is 3.68. The van der Waals surface area contributed by atoms with Gasteiger partial charge in [-0.2, -0.15) is 0 Å².